The van der Waals surface area contributed by atoms with E-state index in [1.54, 1.807) is 0 Å². The van der Waals surface area contributed by atoms with Gasteiger partial charge in [0.1, 0.15) is 0 Å². The number of methoxy groups -OCH3 is 2. The molecule has 0 aliphatic rings. The molecule has 0 bridgehead atoms. The second kappa shape index (κ2) is 4.52. The van der Waals surface area contributed by atoms with E-state index in [0.717, 1.165) is 26.4 Å². The lowest BCUT2D eigenvalue weighted by Gasteiger charge is -2.07. The molecule has 0 saturated heterocycles. The van der Waals surface area contributed by atoms with Crippen LogP contribution in [0.15, 0.2) is 12.1 Å². The van der Waals surface area contributed by atoms with Gasteiger partial charge in [0.2, 0.25) is 0 Å². The summed E-state index contributed by atoms with van der Waals surface area (Å²) in [5, 5.41) is 18.4. The van der Waals surface area contributed by atoms with Gasteiger partial charge in [-0.3, -0.25) is 0 Å². The summed E-state index contributed by atoms with van der Waals surface area (Å²) >= 11 is 0. The molecule has 1 aromatic rings. The zero-order valence-electron chi connectivity index (χ0n) is 8.68. The maximum atomic E-state index is 11.3. The van der Waals surface area contributed by atoms with Crippen molar-refractivity contribution in [2.24, 2.45) is 0 Å². The Morgan fingerprint density at radius 1 is 0.938 bits per heavy atom. The van der Waals surface area contributed by atoms with Gasteiger partial charge in [0.05, 0.1) is 25.3 Å². The molecule has 0 aliphatic carbocycles. The van der Waals surface area contributed by atoms with Crippen molar-refractivity contribution >= 4 is 11.9 Å². The molecule has 0 unspecified atom stereocenters. The molecule has 16 heavy (non-hydrogen) atoms. The normalized spacial score (nSPS) is 9.62. The number of hydrogen-bond donors (Lipinski definition) is 2. The standard InChI is InChI=1S/C10H10O6/c1-15-9(13)5-3-7(11)8(12)4-6(5)10(14)16-2/h3-4,11-12H,1-2H3. The number of benzene rings is 1. The van der Waals surface area contributed by atoms with Crippen LogP contribution in [0, 0.1) is 0 Å². The highest BCUT2D eigenvalue weighted by Crippen LogP contribution is 2.29. The highest BCUT2D eigenvalue weighted by Gasteiger charge is 2.21. The molecule has 0 atom stereocenters. The third-order valence-electron chi connectivity index (χ3n) is 1.93. The molecule has 0 radical (unpaired) electrons. The van der Waals surface area contributed by atoms with Crippen LogP contribution in [0.4, 0.5) is 0 Å². The van der Waals surface area contributed by atoms with Crippen molar-refractivity contribution in [2.45, 2.75) is 0 Å². The first-order valence-electron chi connectivity index (χ1n) is 4.23. The van der Waals surface area contributed by atoms with E-state index < -0.39 is 23.4 Å². The van der Waals surface area contributed by atoms with E-state index in [9.17, 15) is 19.8 Å². The predicted octanol–water partition coefficient (Wildman–Crippen LogP) is 0.671. The second-order valence-electron chi connectivity index (χ2n) is 2.87. The quantitative estimate of drug-likeness (QED) is 0.568. The van der Waals surface area contributed by atoms with Crippen LogP contribution in [0.1, 0.15) is 20.7 Å². The summed E-state index contributed by atoms with van der Waals surface area (Å²) in [6.07, 6.45) is 0. The van der Waals surface area contributed by atoms with Gasteiger partial charge in [0, 0.05) is 0 Å². The van der Waals surface area contributed by atoms with Gasteiger partial charge in [-0.1, -0.05) is 0 Å². The van der Waals surface area contributed by atoms with Crippen molar-refractivity contribution in [3.05, 3.63) is 23.3 Å². The number of rotatable bonds is 2. The fourth-order valence-electron chi connectivity index (χ4n) is 1.13. The molecule has 0 heterocycles. The summed E-state index contributed by atoms with van der Waals surface area (Å²) in [4.78, 5) is 22.6. The number of esters is 2. The van der Waals surface area contributed by atoms with E-state index in [0.29, 0.717) is 0 Å². The number of ether oxygens (including phenoxy) is 2. The molecule has 2 N–H and O–H groups in total. The van der Waals surface area contributed by atoms with Crippen LogP contribution in [0.25, 0.3) is 0 Å². The van der Waals surface area contributed by atoms with Crippen LogP contribution >= 0.6 is 0 Å². The molecule has 6 nitrogen and oxygen atoms in total. The lowest BCUT2D eigenvalue weighted by atomic mass is 10.1. The zero-order valence-corrected chi connectivity index (χ0v) is 8.68. The predicted molar refractivity (Wildman–Crippen MR) is 52.5 cm³/mol. The Labute approximate surface area is 91.0 Å². The molecule has 0 spiro atoms. The van der Waals surface area contributed by atoms with Gasteiger partial charge >= 0.3 is 11.9 Å². The number of phenolic OH excluding ortho intramolecular Hbond substituents is 2. The van der Waals surface area contributed by atoms with Crippen molar-refractivity contribution in [1.82, 2.24) is 0 Å². The fraction of sp³-hybridized carbons (Fsp3) is 0.200. The molecular formula is C10H10O6. The van der Waals surface area contributed by atoms with E-state index in [1.165, 1.54) is 0 Å². The number of carbonyl (C=O) groups excluding carboxylic acids is 2. The molecule has 0 fully saturated rings. The molecule has 0 aliphatic heterocycles. The Balaban J connectivity index is 3.38. The first kappa shape index (κ1) is 11.8. The fourth-order valence-corrected chi connectivity index (χ4v) is 1.13. The molecule has 0 aromatic heterocycles. The maximum Gasteiger partial charge on any atom is 0.338 e. The first-order chi connectivity index (χ1) is 7.51. The van der Waals surface area contributed by atoms with Crippen LogP contribution in [0.2, 0.25) is 0 Å². The summed E-state index contributed by atoms with van der Waals surface area (Å²) in [5.74, 6) is -2.66. The lowest BCUT2D eigenvalue weighted by molar-refractivity contribution is 0.0554. The number of phenols is 2. The third kappa shape index (κ3) is 2.05. The third-order valence-corrected chi connectivity index (χ3v) is 1.93. The van der Waals surface area contributed by atoms with E-state index in [4.69, 9.17) is 0 Å². The van der Waals surface area contributed by atoms with Crippen LogP contribution in [-0.4, -0.2) is 36.4 Å². The molecule has 6 heteroatoms. The van der Waals surface area contributed by atoms with E-state index >= 15 is 0 Å². The molecule has 1 aromatic carbocycles. The highest BCUT2D eigenvalue weighted by molar-refractivity contribution is 6.03. The van der Waals surface area contributed by atoms with Crippen LogP contribution < -0.4 is 0 Å². The van der Waals surface area contributed by atoms with Crippen molar-refractivity contribution in [2.75, 3.05) is 14.2 Å². The Hall–Kier alpha value is -2.24. The monoisotopic (exact) mass is 226 g/mol. The lowest BCUT2D eigenvalue weighted by Crippen LogP contribution is -2.11. The van der Waals surface area contributed by atoms with E-state index in [-0.39, 0.29) is 11.1 Å². The van der Waals surface area contributed by atoms with Gasteiger partial charge in [-0.2, -0.15) is 0 Å². The van der Waals surface area contributed by atoms with Crippen molar-refractivity contribution in [3.8, 4) is 11.5 Å². The molecule has 86 valence electrons. The Kier molecular flexibility index (Phi) is 3.34. The van der Waals surface area contributed by atoms with Gasteiger partial charge in [-0.15, -0.1) is 0 Å². The van der Waals surface area contributed by atoms with Crippen LogP contribution in [0.3, 0.4) is 0 Å². The summed E-state index contributed by atoms with van der Waals surface area (Å²) in [5.41, 5.74) is -0.352. The first-order valence-corrected chi connectivity index (χ1v) is 4.23. The van der Waals surface area contributed by atoms with Crippen LogP contribution in [0.5, 0.6) is 11.5 Å². The van der Waals surface area contributed by atoms with E-state index in [2.05, 4.69) is 9.47 Å². The minimum atomic E-state index is -0.810. The summed E-state index contributed by atoms with van der Waals surface area (Å²) < 4.78 is 8.85. The average Bonchev–Trinajstić information content (AvgIpc) is 2.30. The number of carbonyl (C=O) groups is 2. The maximum absolute atomic E-state index is 11.3. The second-order valence-corrected chi connectivity index (χ2v) is 2.87. The molecule has 1 rings (SSSR count). The Morgan fingerprint density at radius 3 is 1.50 bits per heavy atom. The smallest absolute Gasteiger partial charge is 0.338 e. The van der Waals surface area contributed by atoms with Crippen molar-refractivity contribution in [3.63, 3.8) is 0 Å². The largest absolute Gasteiger partial charge is 0.504 e. The van der Waals surface area contributed by atoms with Gasteiger partial charge in [-0.05, 0) is 12.1 Å². The van der Waals surface area contributed by atoms with Gasteiger partial charge < -0.3 is 19.7 Å². The number of aromatic hydroxyl groups is 2. The Morgan fingerprint density at radius 2 is 1.25 bits per heavy atom. The zero-order chi connectivity index (χ0) is 12.3. The van der Waals surface area contributed by atoms with Crippen molar-refractivity contribution in [1.29, 1.82) is 0 Å². The van der Waals surface area contributed by atoms with E-state index in [1.807, 2.05) is 0 Å². The minimum absolute atomic E-state index is 0.176. The summed E-state index contributed by atoms with van der Waals surface area (Å²) in [7, 11) is 2.26. The van der Waals surface area contributed by atoms with Crippen molar-refractivity contribution < 1.29 is 29.3 Å². The topological polar surface area (TPSA) is 93.1 Å². The number of hydrogen-bond acceptors (Lipinski definition) is 6. The summed E-state index contributed by atoms with van der Waals surface area (Å²) in [6, 6.07) is 1.88. The average molecular weight is 226 g/mol. The van der Waals surface area contributed by atoms with Gasteiger partial charge in [0.25, 0.3) is 0 Å². The van der Waals surface area contributed by atoms with Gasteiger partial charge in [-0.25, -0.2) is 9.59 Å². The SMILES string of the molecule is COC(=O)c1cc(O)c(O)cc1C(=O)OC. The highest BCUT2D eigenvalue weighted by atomic mass is 16.5. The molecular weight excluding hydrogens is 216 g/mol. The van der Waals surface area contributed by atoms with Gasteiger partial charge in [0.15, 0.2) is 11.5 Å². The molecule has 0 saturated carbocycles. The Bertz CT molecular complexity index is 396. The summed E-state index contributed by atoms with van der Waals surface area (Å²) in [6.45, 7) is 0. The minimum Gasteiger partial charge on any atom is -0.504 e. The molecule has 0 amide bonds. The van der Waals surface area contributed by atoms with Crippen LogP contribution in [-0.2, 0) is 9.47 Å².